The summed E-state index contributed by atoms with van der Waals surface area (Å²) in [5, 5.41) is 6.24. The van der Waals surface area contributed by atoms with Gasteiger partial charge in [-0.25, -0.2) is 4.98 Å². The third-order valence-electron chi connectivity index (χ3n) is 4.33. The normalized spacial score (nSPS) is 11.5. The molecule has 0 spiro atoms. The molecule has 0 saturated heterocycles. The molecule has 0 bridgehead atoms. The van der Waals surface area contributed by atoms with E-state index in [9.17, 15) is 4.79 Å². The minimum Gasteiger partial charge on any atom is -0.378 e. The second-order valence-electron chi connectivity index (χ2n) is 6.60. The van der Waals surface area contributed by atoms with Crippen LogP contribution in [0.5, 0.6) is 0 Å². The molecule has 0 radical (unpaired) electrons. The Hall–Kier alpha value is -3.34. The van der Waals surface area contributed by atoms with Gasteiger partial charge >= 0.3 is 0 Å². The molecule has 3 aromatic rings. The molecule has 0 saturated carbocycles. The Balaban J connectivity index is 1.61. The minimum absolute atomic E-state index is 0.133. The molecule has 1 unspecified atom stereocenters. The van der Waals surface area contributed by atoms with Crippen LogP contribution in [0, 0.1) is 0 Å². The van der Waals surface area contributed by atoms with Gasteiger partial charge in [0.2, 0.25) is 0 Å². The van der Waals surface area contributed by atoms with Crippen molar-refractivity contribution in [2.24, 2.45) is 0 Å². The van der Waals surface area contributed by atoms with Crippen LogP contribution in [-0.4, -0.2) is 25.0 Å². The fourth-order valence-electron chi connectivity index (χ4n) is 2.71. The Kier molecular flexibility index (Phi) is 5.71. The zero-order valence-electron chi connectivity index (χ0n) is 15.8. The van der Waals surface area contributed by atoms with Crippen molar-refractivity contribution in [3.05, 3.63) is 84.1 Å². The SMILES string of the molecule is CC(Nc1ccc(C(=O)Nc2ccc(N(C)C)cc2)cn1)c1ccccc1. The predicted molar refractivity (Wildman–Crippen MR) is 111 cm³/mol. The quantitative estimate of drug-likeness (QED) is 0.676. The number of rotatable bonds is 6. The number of anilines is 3. The lowest BCUT2D eigenvalue weighted by atomic mass is 10.1. The summed E-state index contributed by atoms with van der Waals surface area (Å²) in [7, 11) is 3.96. The van der Waals surface area contributed by atoms with E-state index < -0.39 is 0 Å². The standard InChI is InChI=1S/C22H24N4O/c1-16(17-7-5-4-6-8-17)24-21-14-9-18(15-23-21)22(27)25-19-10-12-20(13-11-19)26(2)3/h4-16H,1-3H3,(H,23,24)(H,25,27). The summed E-state index contributed by atoms with van der Waals surface area (Å²) in [5.74, 6) is 0.556. The first-order valence-corrected chi connectivity index (χ1v) is 8.89. The van der Waals surface area contributed by atoms with Crippen molar-refractivity contribution in [3.63, 3.8) is 0 Å². The average Bonchev–Trinajstić information content (AvgIpc) is 2.69. The number of benzene rings is 2. The number of aromatic nitrogens is 1. The van der Waals surface area contributed by atoms with Crippen LogP contribution in [0.2, 0.25) is 0 Å². The van der Waals surface area contributed by atoms with Gasteiger partial charge in [-0.3, -0.25) is 4.79 Å². The molecular weight excluding hydrogens is 336 g/mol. The third-order valence-corrected chi connectivity index (χ3v) is 4.33. The second kappa shape index (κ2) is 8.36. The molecule has 138 valence electrons. The van der Waals surface area contributed by atoms with Crippen LogP contribution < -0.4 is 15.5 Å². The van der Waals surface area contributed by atoms with Crippen molar-refractivity contribution in [3.8, 4) is 0 Å². The van der Waals surface area contributed by atoms with Gasteiger partial charge in [0.25, 0.3) is 5.91 Å². The number of hydrogen-bond acceptors (Lipinski definition) is 4. The summed E-state index contributed by atoms with van der Waals surface area (Å²) >= 11 is 0. The number of hydrogen-bond donors (Lipinski definition) is 2. The van der Waals surface area contributed by atoms with Crippen molar-refractivity contribution in [2.45, 2.75) is 13.0 Å². The van der Waals surface area contributed by atoms with Crippen LogP contribution in [0.25, 0.3) is 0 Å². The van der Waals surface area contributed by atoms with Gasteiger partial charge in [-0.15, -0.1) is 0 Å². The summed E-state index contributed by atoms with van der Waals surface area (Å²) < 4.78 is 0. The van der Waals surface area contributed by atoms with Gasteiger partial charge in [0, 0.05) is 37.7 Å². The fraction of sp³-hybridized carbons (Fsp3) is 0.182. The molecule has 1 amide bonds. The molecule has 0 fully saturated rings. The maximum Gasteiger partial charge on any atom is 0.257 e. The molecule has 1 heterocycles. The van der Waals surface area contributed by atoms with Crippen LogP contribution in [0.3, 0.4) is 0 Å². The number of nitrogens with zero attached hydrogens (tertiary/aromatic N) is 2. The van der Waals surface area contributed by atoms with Crippen molar-refractivity contribution in [1.82, 2.24) is 4.98 Å². The van der Waals surface area contributed by atoms with Crippen molar-refractivity contribution < 1.29 is 4.79 Å². The topological polar surface area (TPSA) is 57.3 Å². The molecule has 2 N–H and O–H groups in total. The molecular formula is C22H24N4O. The number of pyridine rings is 1. The summed E-state index contributed by atoms with van der Waals surface area (Å²) in [6.07, 6.45) is 1.59. The van der Waals surface area contributed by atoms with Gasteiger partial charge in [-0.05, 0) is 48.9 Å². The highest BCUT2D eigenvalue weighted by Crippen LogP contribution is 2.19. The van der Waals surface area contributed by atoms with Gasteiger partial charge < -0.3 is 15.5 Å². The minimum atomic E-state index is -0.178. The van der Waals surface area contributed by atoms with E-state index in [-0.39, 0.29) is 11.9 Å². The predicted octanol–water partition coefficient (Wildman–Crippen LogP) is 4.57. The van der Waals surface area contributed by atoms with Crippen molar-refractivity contribution >= 4 is 23.1 Å². The molecule has 0 aliphatic heterocycles. The monoisotopic (exact) mass is 360 g/mol. The Labute approximate surface area is 160 Å². The highest BCUT2D eigenvalue weighted by Gasteiger charge is 2.09. The smallest absolute Gasteiger partial charge is 0.257 e. The maximum atomic E-state index is 12.4. The third kappa shape index (κ3) is 4.85. The number of carbonyl (C=O) groups excluding carboxylic acids is 1. The van der Waals surface area contributed by atoms with E-state index in [0.717, 1.165) is 17.2 Å². The summed E-state index contributed by atoms with van der Waals surface area (Å²) in [6.45, 7) is 2.08. The summed E-state index contributed by atoms with van der Waals surface area (Å²) in [4.78, 5) is 18.8. The average molecular weight is 360 g/mol. The van der Waals surface area contributed by atoms with E-state index in [1.165, 1.54) is 5.56 Å². The highest BCUT2D eigenvalue weighted by atomic mass is 16.1. The van der Waals surface area contributed by atoms with E-state index >= 15 is 0 Å². The molecule has 0 aliphatic carbocycles. The van der Waals surface area contributed by atoms with E-state index in [0.29, 0.717) is 5.56 Å². The summed E-state index contributed by atoms with van der Waals surface area (Å²) in [5.41, 5.74) is 3.54. The fourth-order valence-corrected chi connectivity index (χ4v) is 2.71. The lowest BCUT2D eigenvalue weighted by Gasteiger charge is -2.15. The van der Waals surface area contributed by atoms with E-state index in [4.69, 9.17) is 0 Å². The summed E-state index contributed by atoms with van der Waals surface area (Å²) in [6, 6.07) is 21.6. The molecule has 2 aromatic carbocycles. The maximum absolute atomic E-state index is 12.4. The zero-order chi connectivity index (χ0) is 19.2. The lowest BCUT2D eigenvalue weighted by molar-refractivity contribution is 0.102. The molecule has 27 heavy (non-hydrogen) atoms. The Bertz CT molecular complexity index is 874. The van der Waals surface area contributed by atoms with Crippen LogP contribution >= 0.6 is 0 Å². The number of nitrogens with one attached hydrogen (secondary N) is 2. The first-order chi connectivity index (χ1) is 13.0. The van der Waals surface area contributed by atoms with E-state index in [1.54, 1.807) is 12.3 Å². The Morgan fingerprint density at radius 1 is 0.963 bits per heavy atom. The number of carbonyl (C=O) groups is 1. The van der Waals surface area contributed by atoms with Crippen LogP contribution in [0.15, 0.2) is 72.9 Å². The van der Waals surface area contributed by atoms with Crippen LogP contribution in [0.1, 0.15) is 28.9 Å². The van der Waals surface area contributed by atoms with Crippen molar-refractivity contribution in [1.29, 1.82) is 0 Å². The van der Waals surface area contributed by atoms with Crippen LogP contribution in [-0.2, 0) is 0 Å². The largest absolute Gasteiger partial charge is 0.378 e. The zero-order valence-corrected chi connectivity index (χ0v) is 15.8. The van der Waals surface area contributed by atoms with E-state index in [1.807, 2.05) is 67.5 Å². The Morgan fingerprint density at radius 3 is 2.26 bits per heavy atom. The second-order valence-corrected chi connectivity index (χ2v) is 6.60. The van der Waals surface area contributed by atoms with Gasteiger partial charge in [-0.1, -0.05) is 30.3 Å². The molecule has 5 heteroatoms. The van der Waals surface area contributed by atoms with Gasteiger partial charge in [0.15, 0.2) is 0 Å². The first kappa shape index (κ1) is 18.5. The van der Waals surface area contributed by atoms with Crippen molar-refractivity contribution in [2.75, 3.05) is 29.6 Å². The molecule has 5 nitrogen and oxygen atoms in total. The van der Waals surface area contributed by atoms with Gasteiger partial charge in [0.05, 0.1) is 5.56 Å². The highest BCUT2D eigenvalue weighted by molar-refractivity contribution is 6.04. The molecule has 1 atom stereocenters. The molecule has 1 aromatic heterocycles. The first-order valence-electron chi connectivity index (χ1n) is 8.89. The van der Waals surface area contributed by atoms with Gasteiger partial charge in [0.1, 0.15) is 5.82 Å². The van der Waals surface area contributed by atoms with Crippen LogP contribution in [0.4, 0.5) is 17.2 Å². The molecule has 0 aliphatic rings. The van der Waals surface area contributed by atoms with Gasteiger partial charge in [-0.2, -0.15) is 0 Å². The Morgan fingerprint density at radius 2 is 1.67 bits per heavy atom. The molecule has 3 rings (SSSR count). The lowest BCUT2D eigenvalue weighted by Crippen LogP contribution is -2.13. The number of amides is 1. The van der Waals surface area contributed by atoms with E-state index in [2.05, 4.69) is 34.7 Å².